The molecule has 110 valence electrons. The maximum Gasteiger partial charge on any atom is 0.273 e. The lowest BCUT2D eigenvalue weighted by Crippen LogP contribution is -2.23. The molecule has 1 aromatic heterocycles. The molecule has 2 rings (SSSR count). The van der Waals surface area contributed by atoms with Crippen molar-refractivity contribution in [3.63, 3.8) is 0 Å². The Labute approximate surface area is 128 Å². The number of nitrogens with zero attached hydrogens (tertiary/aromatic N) is 3. The second kappa shape index (κ2) is 6.54. The third kappa shape index (κ3) is 3.92. The van der Waals surface area contributed by atoms with Crippen LogP contribution in [0.1, 0.15) is 29.0 Å². The highest BCUT2D eigenvalue weighted by molar-refractivity contribution is 6.30. The predicted octanol–water partition coefficient (Wildman–Crippen LogP) is 3.00. The fourth-order valence-corrected chi connectivity index (χ4v) is 1.94. The molecule has 0 aliphatic carbocycles. The monoisotopic (exact) mass is 304 g/mol. The van der Waals surface area contributed by atoms with Gasteiger partial charge in [0.05, 0.1) is 6.04 Å². The topological polar surface area (TPSA) is 58.1 Å². The van der Waals surface area contributed by atoms with Crippen molar-refractivity contribution in [3.05, 3.63) is 52.7 Å². The summed E-state index contributed by atoms with van der Waals surface area (Å²) >= 11 is 5.87. The third-order valence-corrected chi connectivity index (χ3v) is 3.28. The van der Waals surface area contributed by atoms with E-state index in [0.29, 0.717) is 16.5 Å². The minimum atomic E-state index is -0.167. The maximum atomic E-state index is 11.7. The van der Waals surface area contributed by atoms with E-state index >= 15 is 0 Å². The summed E-state index contributed by atoms with van der Waals surface area (Å²) in [5.74, 6) is 0.451. The summed E-state index contributed by atoms with van der Waals surface area (Å²) in [6.07, 6.45) is 0. The quantitative estimate of drug-likeness (QED) is 0.943. The number of carbonyl (C=O) groups is 1. The molecule has 1 amide bonds. The van der Waals surface area contributed by atoms with Gasteiger partial charge in [0.1, 0.15) is 5.82 Å². The highest BCUT2D eigenvalue weighted by Gasteiger charge is 2.11. The molecule has 1 heterocycles. The number of hydrogen-bond donors (Lipinski definition) is 1. The molecule has 1 atom stereocenters. The Morgan fingerprint density at radius 3 is 2.33 bits per heavy atom. The van der Waals surface area contributed by atoms with Crippen LogP contribution >= 0.6 is 11.6 Å². The van der Waals surface area contributed by atoms with Crippen LogP contribution in [0.5, 0.6) is 0 Å². The molecule has 1 unspecified atom stereocenters. The van der Waals surface area contributed by atoms with Gasteiger partial charge >= 0.3 is 0 Å². The van der Waals surface area contributed by atoms with E-state index in [1.165, 1.54) is 4.90 Å². The molecule has 0 fully saturated rings. The standard InChI is InChI=1S/C15H17ClN4O/c1-10(11-4-6-12(16)7-5-11)17-14-9-8-13(18-19-14)15(21)20(2)3/h4-10H,1-3H3,(H,17,19). The minimum Gasteiger partial charge on any atom is -0.362 e. The van der Waals surface area contributed by atoms with Gasteiger partial charge in [0.15, 0.2) is 5.69 Å². The second-order valence-corrected chi connectivity index (χ2v) is 5.36. The van der Waals surface area contributed by atoms with Gasteiger partial charge in [-0.3, -0.25) is 4.79 Å². The first kappa shape index (κ1) is 15.3. The first-order chi connectivity index (χ1) is 9.97. The number of halogens is 1. The molecular formula is C15H17ClN4O. The van der Waals surface area contributed by atoms with Gasteiger partial charge in [0.2, 0.25) is 0 Å². The van der Waals surface area contributed by atoms with Gasteiger partial charge in [-0.25, -0.2) is 0 Å². The smallest absolute Gasteiger partial charge is 0.273 e. The van der Waals surface area contributed by atoms with Crippen LogP contribution in [0.15, 0.2) is 36.4 Å². The fraction of sp³-hybridized carbons (Fsp3) is 0.267. The average Bonchev–Trinajstić information content (AvgIpc) is 2.47. The van der Waals surface area contributed by atoms with Gasteiger partial charge < -0.3 is 10.2 Å². The van der Waals surface area contributed by atoms with Gasteiger partial charge in [0, 0.05) is 19.1 Å². The van der Waals surface area contributed by atoms with Gasteiger partial charge in [-0.05, 0) is 36.8 Å². The Morgan fingerprint density at radius 1 is 1.14 bits per heavy atom. The number of amides is 1. The highest BCUT2D eigenvalue weighted by Crippen LogP contribution is 2.19. The number of benzene rings is 1. The van der Waals surface area contributed by atoms with E-state index in [0.717, 1.165) is 5.56 Å². The Morgan fingerprint density at radius 2 is 1.81 bits per heavy atom. The Hall–Kier alpha value is -2.14. The number of rotatable bonds is 4. The van der Waals surface area contributed by atoms with Crippen molar-refractivity contribution in [3.8, 4) is 0 Å². The average molecular weight is 305 g/mol. The van der Waals surface area contributed by atoms with E-state index < -0.39 is 0 Å². The summed E-state index contributed by atoms with van der Waals surface area (Å²) < 4.78 is 0. The number of carbonyl (C=O) groups excluding carboxylic acids is 1. The molecule has 0 spiro atoms. The summed E-state index contributed by atoms with van der Waals surface area (Å²) in [7, 11) is 3.36. The van der Waals surface area contributed by atoms with E-state index in [9.17, 15) is 4.79 Å². The summed E-state index contributed by atoms with van der Waals surface area (Å²) in [6, 6.07) is 11.1. The zero-order valence-corrected chi connectivity index (χ0v) is 12.9. The van der Waals surface area contributed by atoms with Crippen molar-refractivity contribution >= 4 is 23.3 Å². The van der Waals surface area contributed by atoms with Gasteiger partial charge in [-0.2, -0.15) is 0 Å². The minimum absolute atomic E-state index is 0.0620. The fourth-order valence-electron chi connectivity index (χ4n) is 1.81. The molecule has 0 saturated carbocycles. The van der Waals surface area contributed by atoms with Crippen molar-refractivity contribution in [1.29, 1.82) is 0 Å². The third-order valence-electron chi connectivity index (χ3n) is 3.02. The lowest BCUT2D eigenvalue weighted by Gasteiger charge is -2.15. The molecular weight excluding hydrogens is 288 g/mol. The molecule has 21 heavy (non-hydrogen) atoms. The summed E-state index contributed by atoms with van der Waals surface area (Å²) in [6.45, 7) is 2.02. The van der Waals surface area contributed by atoms with Crippen molar-refractivity contribution in [2.45, 2.75) is 13.0 Å². The van der Waals surface area contributed by atoms with Crippen LogP contribution < -0.4 is 5.32 Å². The van der Waals surface area contributed by atoms with E-state index in [4.69, 9.17) is 11.6 Å². The van der Waals surface area contributed by atoms with Gasteiger partial charge in [-0.15, -0.1) is 10.2 Å². The lowest BCUT2D eigenvalue weighted by atomic mass is 10.1. The van der Waals surface area contributed by atoms with Gasteiger partial charge in [-0.1, -0.05) is 23.7 Å². The molecule has 0 saturated heterocycles. The second-order valence-electron chi connectivity index (χ2n) is 4.92. The molecule has 0 aliphatic heterocycles. The Kier molecular flexibility index (Phi) is 4.75. The van der Waals surface area contributed by atoms with Crippen LogP contribution in [-0.2, 0) is 0 Å². The summed E-state index contributed by atoms with van der Waals surface area (Å²) in [4.78, 5) is 13.2. The molecule has 0 radical (unpaired) electrons. The van der Waals surface area contributed by atoms with E-state index in [1.54, 1.807) is 26.2 Å². The number of nitrogens with one attached hydrogen (secondary N) is 1. The molecule has 6 heteroatoms. The van der Waals surface area contributed by atoms with Gasteiger partial charge in [0.25, 0.3) is 5.91 Å². The van der Waals surface area contributed by atoms with Crippen LogP contribution in [0, 0.1) is 0 Å². The molecule has 5 nitrogen and oxygen atoms in total. The van der Waals surface area contributed by atoms with Crippen molar-refractivity contribution in [2.24, 2.45) is 0 Å². The van der Waals surface area contributed by atoms with Crippen molar-refractivity contribution < 1.29 is 4.79 Å². The Bertz CT molecular complexity index is 611. The molecule has 2 aromatic rings. The van der Waals surface area contributed by atoms with Crippen LogP contribution in [0.3, 0.4) is 0 Å². The SMILES string of the molecule is CC(Nc1ccc(C(=O)N(C)C)nn1)c1ccc(Cl)cc1. The van der Waals surface area contributed by atoms with Crippen molar-refractivity contribution in [1.82, 2.24) is 15.1 Å². The molecule has 1 aromatic carbocycles. The largest absolute Gasteiger partial charge is 0.362 e. The van der Waals surface area contributed by atoms with Crippen LogP contribution in [0.4, 0.5) is 5.82 Å². The lowest BCUT2D eigenvalue weighted by molar-refractivity contribution is 0.0821. The molecule has 0 bridgehead atoms. The number of aromatic nitrogens is 2. The van der Waals surface area contributed by atoms with E-state index in [2.05, 4.69) is 15.5 Å². The first-order valence-corrected chi connectivity index (χ1v) is 6.92. The summed E-state index contributed by atoms with van der Waals surface area (Å²) in [5, 5.41) is 11.9. The van der Waals surface area contributed by atoms with Crippen LogP contribution in [0.25, 0.3) is 0 Å². The maximum absolute atomic E-state index is 11.7. The van der Waals surface area contributed by atoms with E-state index in [1.807, 2.05) is 31.2 Å². The van der Waals surface area contributed by atoms with Crippen molar-refractivity contribution in [2.75, 3.05) is 19.4 Å². The number of hydrogen-bond acceptors (Lipinski definition) is 4. The zero-order valence-electron chi connectivity index (χ0n) is 12.2. The molecule has 1 N–H and O–H groups in total. The van der Waals surface area contributed by atoms with Crippen LogP contribution in [0.2, 0.25) is 5.02 Å². The zero-order chi connectivity index (χ0) is 15.4. The normalized spacial score (nSPS) is 11.8. The number of anilines is 1. The molecule has 0 aliphatic rings. The highest BCUT2D eigenvalue weighted by atomic mass is 35.5. The predicted molar refractivity (Wildman–Crippen MR) is 83.5 cm³/mol. The van der Waals surface area contributed by atoms with E-state index in [-0.39, 0.29) is 11.9 Å². The first-order valence-electron chi connectivity index (χ1n) is 6.55. The van der Waals surface area contributed by atoms with Crippen LogP contribution in [-0.4, -0.2) is 35.1 Å². The summed E-state index contributed by atoms with van der Waals surface area (Å²) in [5.41, 5.74) is 1.42. The Balaban J connectivity index is 2.06.